The van der Waals surface area contributed by atoms with Gasteiger partial charge < -0.3 is 25.8 Å². The fourth-order valence-corrected chi connectivity index (χ4v) is 3.43. The average molecular weight is 475 g/mol. The lowest BCUT2D eigenvalue weighted by molar-refractivity contribution is 0.0954. The summed E-state index contributed by atoms with van der Waals surface area (Å²) in [5, 5.41) is 8.41. The number of anilines is 1. The number of amides is 3. The van der Waals surface area contributed by atoms with Crippen molar-refractivity contribution in [2.75, 3.05) is 51.2 Å². The Balaban J connectivity index is 1.40. The fourth-order valence-electron chi connectivity index (χ4n) is 3.16. The summed E-state index contributed by atoms with van der Waals surface area (Å²) in [5.74, 6) is 0.754. The number of aromatic nitrogens is 1. The molecule has 1 aliphatic rings. The van der Waals surface area contributed by atoms with Gasteiger partial charge in [-0.25, -0.2) is 9.78 Å². The fraction of sp³-hybridized carbons (Fsp3) is 0.381. The normalized spacial score (nSPS) is 14.3. The van der Waals surface area contributed by atoms with Gasteiger partial charge in [-0.05, 0) is 37.4 Å². The second kappa shape index (κ2) is 10.9. The van der Waals surface area contributed by atoms with Gasteiger partial charge >= 0.3 is 6.03 Å². The molecule has 30 heavy (non-hydrogen) atoms. The molecule has 0 unspecified atom stereocenters. The van der Waals surface area contributed by atoms with E-state index < -0.39 is 0 Å². The minimum absolute atomic E-state index is 0.170. The first-order valence-corrected chi connectivity index (χ1v) is 10.7. The van der Waals surface area contributed by atoms with Gasteiger partial charge in [-0.15, -0.1) is 0 Å². The number of urea groups is 1. The quantitative estimate of drug-likeness (QED) is 0.532. The maximum Gasteiger partial charge on any atom is 0.315 e. The molecule has 0 atom stereocenters. The summed E-state index contributed by atoms with van der Waals surface area (Å²) >= 11 is 3.34. The van der Waals surface area contributed by atoms with Crippen molar-refractivity contribution >= 4 is 33.7 Å². The predicted molar refractivity (Wildman–Crippen MR) is 121 cm³/mol. The monoisotopic (exact) mass is 474 g/mol. The SMILES string of the molecule is CN1CCN(c2ncccc2CNC(=O)NCCNC(=O)c2ccc(Br)cc2)CC1. The Morgan fingerprint density at radius 2 is 1.70 bits per heavy atom. The highest BCUT2D eigenvalue weighted by Crippen LogP contribution is 2.18. The molecule has 3 rings (SSSR count). The van der Waals surface area contributed by atoms with Crippen LogP contribution in [0.5, 0.6) is 0 Å². The number of likely N-dealkylation sites (N-methyl/N-ethyl adjacent to an activating group) is 1. The van der Waals surface area contributed by atoms with Gasteiger partial charge in [-0.1, -0.05) is 22.0 Å². The molecule has 2 heterocycles. The molecule has 1 aromatic heterocycles. The average Bonchev–Trinajstić information content (AvgIpc) is 2.76. The van der Waals surface area contributed by atoms with Crippen LogP contribution in [0.3, 0.4) is 0 Å². The first kappa shape index (κ1) is 22.0. The van der Waals surface area contributed by atoms with Crippen LogP contribution in [0.4, 0.5) is 10.6 Å². The Labute approximate surface area is 185 Å². The third-order valence-corrected chi connectivity index (χ3v) is 5.44. The first-order chi connectivity index (χ1) is 14.5. The van der Waals surface area contributed by atoms with Crippen LogP contribution >= 0.6 is 15.9 Å². The molecule has 1 aromatic carbocycles. The lowest BCUT2D eigenvalue weighted by atomic mass is 10.2. The first-order valence-electron chi connectivity index (χ1n) is 9.96. The van der Waals surface area contributed by atoms with Gasteiger partial charge in [0.15, 0.2) is 0 Å². The van der Waals surface area contributed by atoms with E-state index >= 15 is 0 Å². The minimum atomic E-state index is -0.277. The molecule has 0 aliphatic carbocycles. The van der Waals surface area contributed by atoms with Gasteiger partial charge in [-0.2, -0.15) is 0 Å². The lowest BCUT2D eigenvalue weighted by Gasteiger charge is -2.34. The van der Waals surface area contributed by atoms with Crippen molar-refractivity contribution in [3.05, 3.63) is 58.2 Å². The summed E-state index contributed by atoms with van der Waals surface area (Å²) in [4.78, 5) is 33.2. The summed E-state index contributed by atoms with van der Waals surface area (Å²) in [6.07, 6.45) is 1.78. The maximum absolute atomic E-state index is 12.1. The van der Waals surface area contributed by atoms with Crippen LogP contribution in [-0.4, -0.2) is 68.1 Å². The third kappa shape index (κ3) is 6.43. The zero-order chi connectivity index (χ0) is 21.3. The van der Waals surface area contributed by atoms with Crippen molar-refractivity contribution in [3.8, 4) is 0 Å². The largest absolute Gasteiger partial charge is 0.354 e. The molecule has 0 radical (unpaired) electrons. The van der Waals surface area contributed by atoms with E-state index in [2.05, 4.69) is 53.7 Å². The summed E-state index contributed by atoms with van der Waals surface area (Å²) in [6, 6.07) is 10.7. The van der Waals surface area contributed by atoms with E-state index in [1.165, 1.54) is 0 Å². The second-order valence-corrected chi connectivity index (χ2v) is 8.06. The van der Waals surface area contributed by atoms with Gasteiger partial charge in [0, 0.05) is 67.6 Å². The molecule has 1 fully saturated rings. The van der Waals surface area contributed by atoms with Crippen molar-refractivity contribution in [3.63, 3.8) is 0 Å². The van der Waals surface area contributed by atoms with Crippen LogP contribution in [0.25, 0.3) is 0 Å². The van der Waals surface area contributed by atoms with Crippen molar-refractivity contribution in [1.82, 2.24) is 25.8 Å². The molecule has 9 heteroatoms. The highest BCUT2D eigenvalue weighted by molar-refractivity contribution is 9.10. The van der Waals surface area contributed by atoms with Crippen LogP contribution in [0, 0.1) is 0 Å². The van der Waals surface area contributed by atoms with Crippen LogP contribution in [0.1, 0.15) is 15.9 Å². The smallest absolute Gasteiger partial charge is 0.315 e. The number of halogens is 1. The highest BCUT2D eigenvalue weighted by atomic mass is 79.9. The number of piperazine rings is 1. The van der Waals surface area contributed by atoms with E-state index in [-0.39, 0.29) is 11.9 Å². The highest BCUT2D eigenvalue weighted by Gasteiger charge is 2.18. The molecule has 0 spiro atoms. The number of nitrogens with one attached hydrogen (secondary N) is 3. The van der Waals surface area contributed by atoms with Crippen LogP contribution in [0.2, 0.25) is 0 Å². The summed E-state index contributed by atoms with van der Waals surface area (Å²) in [6.45, 7) is 4.92. The Hall–Kier alpha value is -2.65. The number of carbonyl (C=O) groups excluding carboxylic acids is 2. The number of hydrogen-bond donors (Lipinski definition) is 3. The Kier molecular flexibility index (Phi) is 8.04. The Bertz CT molecular complexity index is 853. The third-order valence-electron chi connectivity index (χ3n) is 4.91. The number of pyridine rings is 1. The van der Waals surface area contributed by atoms with E-state index in [9.17, 15) is 9.59 Å². The van der Waals surface area contributed by atoms with Crippen molar-refractivity contribution in [1.29, 1.82) is 0 Å². The molecule has 0 bridgehead atoms. The summed E-state index contributed by atoms with van der Waals surface area (Å²) in [7, 11) is 2.11. The molecular formula is C21H27BrN6O2. The molecule has 1 aliphatic heterocycles. The predicted octanol–water partition coefficient (Wildman–Crippen LogP) is 1.83. The van der Waals surface area contributed by atoms with E-state index in [1.807, 2.05) is 24.3 Å². The Morgan fingerprint density at radius 1 is 1.00 bits per heavy atom. The van der Waals surface area contributed by atoms with Gasteiger partial charge in [0.2, 0.25) is 0 Å². The van der Waals surface area contributed by atoms with Crippen molar-refractivity contribution in [2.24, 2.45) is 0 Å². The van der Waals surface area contributed by atoms with Gasteiger partial charge in [0.05, 0.1) is 0 Å². The zero-order valence-corrected chi connectivity index (χ0v) is 18.6. The van der Waals surface area contributed by atoms with Gasteiger partial charge in [0.1, 0.15) is 5.82 Å². The lowest BCUT2D eigenvalue weighted by Crippen LogP contribution is -2.45. The number of benzene rings is 1. The molecule has 3 amide bonds. The minimum Gasteiger partial charge on any atom is -0.354 e. The number of hydrogen-bond acceptors (Lipinski definition) is 5. The molecule has 2 aromatic rings. The van der Waals surface area contributed by atoms with Crippen molar-refractivity contribution < 1.29 is 9.59 Å². The number of rotatable bonds is 7. The van der Waals surface area contributed by atoms with Gasteiger partial charge in [0.25, 0.3) is 5.91 Å². The van der Waals surface area contributed by atoms with Gasteiger partial charge in [-0.3, -0.25) is 4.79 Å². The van der Waals surface area contributed by atoms with Crippen LogP contribution < -0.4 is 20.9 Å². The topological polar surface area (TPSA) is 89.6 Å². The molecule has 0 saturated carbocycles. The van der Waals surface area contributed by atoms with Crippen LogP contribution in [-0.2, 0) is 6.54 Å². The van der Waals surface area contributed by atoms with E-state index in [0.29, 0.717) is 25.2 Å². The van der Waals surface area contributed by atoms with Crippen molar-refractivity contribution in [2.45, 2.75) is 6.54 Å². The number of carbonyl (C=O) groups is 2. The molecule has 1 saturated heterocycles. The van der Waals surface area contributed by atoms with Crippen LogP contribution in [0.15, 0.2) is 47.1 Å². The molecular weight excluding hydrogens is 448 g/mol. The molecule has 3 N–H and O–H groups in total. The second-order valence-electron chi connectivity index (χ2n) is 7.15. The summed E-state index contributed by atoms with van der Waals surface area (Å²) < 4.78 is 0.918. The van der Waals surface area contributed by atoms with E-state index in [1.54, 1.807) is 18.3 Å². The maximum atomic E-state index is 12.1. The standard InChI is InChI=1S/C21H27BrN6O2/c1-27-11-13-28(14-12-27)19-17(3-2-8-23-19)15-26-21(30)25-10-9-24-20(29)16-4-6-18(22)7-5-16/h2-8H,9-15H2,1H3,(H,24,29)(H2,25,26,30). The summed E-state index contributed by atoms with van der Waals surface area (Å²) in [5.41, 5.74) is 1.57. The number of nitrogens with zero attached hydrogens (tertiary/aromatic N) is 3. The Morgan fingerprint density at radius 3 is 2.43 bits per heavy atom. The van der Waals surface area contributed by atoms with E-state index in [4.69, 9.17) is 0 Å². The molecule has 8 nitrogen and oxygen atoms in total. The molecule has 160 valence electrons. The van der Waals surface area contributed by atoms with E-state index in [0.717, 1.165) is 42.0 Å². The zero-order valence-electron chi connectivity index (χ0n) is 17.0.